The zero-order valence-corrected chi connectivity index (χ0v) is 13.3. The summed E-state index contributed by atoms with van der Waals surface area (Å²) < 4.78 is 57.7. The maximum Gasteiger partial charge on any atom is 0.393 e. The minimum atomic E-state index is -4.31. The number of esters is 1. The standard InChI is InChI=1S/C14H14BrF4NO2/c1-22-13(21)12-10(16)5-9(15)6-11(12)20-4-2-3-8(7-20)14(17,18)19/h5-6,8H,2-4,7H2,1H3. The van der Waals surface area contributed by atoms with E-state index < -0.39 is 23.9 Å². The van der Waals surface area contributed by atoms with Gasteiger partial charge in [0.15, 0.2) is 0 Å². The Bertz CT molecular complexity index is 577. The molecule has 3 nitrogen and oxygen atoms in total. The van der Waals surface area contributed by atoms with E-state index in [-0.39, 0.29) is 24.2 Å². The number of hydrogen-bond acceptors (Lipinski definition) is 3. The number of rotatable bonds is 2. The van der Waals surface area contributed by atoms with Crippen LogP contribution in [0.3, 0.4) is 0 Å². The molecule has 1 unspecified atom stereocenters. The Morgan fingerprint density at radius 2 is 2.09 bits per heavy atom. The monoisotopic (exact) mass is 383 g/mol. The van der Waals surface area contributed by atoms with Crippen LogP contribution < -0.4 is 4.90 Å². The number of hydrogen-bond donors (Lipinski definition) is 0. The highest BCUT2D eigenvalue weighted by Crippen LogP contribution is 2.37. The second-order valence-electron chi connectivity index (χ2n) is 5.10. The zero-order chi connectivity index (χ0) is 16.5. The van der Waals surface area contributed by atoms with Gasteiger partial charge < -0.3 is 9.64 Å². The Morgan fingerprint density at radius 3 is 2.68 bits per heavy atom. The first-order valence-electron chi connectivity index (χ1n) is 6.63. The largest absolute Gasteiger partial charge is 0.465 e. The zero-order valence-electron chi connectivity index (χ0n) is 11.7. The van der Waals surface area contributed by atoms with Gasteiger partial charge in [-0.2, -0.15) is 13.2 Å². The summed E-state index contributed by atoms with van der Waals surface area (Å²) in [5.74, 6) is -3.23. The summed E-state index contributed by atoms with van der Waals surface area (Å²) in [5.41, 5.74) is -0.221. The molecule has 1 aliphatic heterocycles. The van der Waals surface area contributed by atoms with Crippen LogP contribution in [0.5, 0.6) is 0 Å². The maximum atomic E-state index is 14.1. The first kappa shape index (κ1) is 17.1. The average Bonchev–Trinajstić information content (AvgIpc) is 2.45. The third-order valence-electron chi connectivity index (χ3n) is 3.65. The van der Waals surface area contributed by atoms with Crippen LogP contribution in [0.2, 0.25) is 0 Å². The summed E-state index contributed by atoms with van der Waals surface area (Å²) in [6.45, 7) is 0.0237. The molecule has 0 spiro atoms. The minimum absolute atomic E-state index is 0.0318. The predicted octanol–water partition coefficient (Wildman–Crippen LogP) is 4.15. The highest BCUT2D eigenvalue weighted by atomic mass is 79.9. The Labute approximate surface area is 133 Å². The van der Waals surface area contributed by atoms with Crippen molar-refractivity contribution in [3.05, 3.63) is 28.0 Å². The van der Waals surface area contributed by atoms with Crippen LogP contribution in [0.4, 0.5) is 23.2 Å². The molecule has 1 atom stereocenters. The molecular formula is C14H14BrF4NO2. The number of ether oxygens (including phenoxy) is 1. The predicted molar refractivity (Wildman–Crippen MR) is 76.4 cm³/mol. The molecule has 0 amide bonds. The van der Waals surface area contributed by atoms with E-state index >= 15 is 0 Å². The van der Waals surface area contributed by atoms with Crippen molar-refractivity contribution in [2.75, 3.05) is 25.1 Å². The molecule has 1 heterocycles. The van der Waals surface area contributed by atoms with Gasteiger partial charge in [0.2, 0.25) is 0 Å². The van der Waals surface area contributed by atoms with Gasteiger partial charge in [0.05, 0.1) is 18.7 Å². The van der Waals surface area contributed by atoms with E-state index in [4.69, 9.17) is 0 Å². The van der Waals surface area contributed by atoms with Gasteiger partial charge in [0.1, 0.15) is 11.4 Å². The summed E-state index contributed by atoms with van der Waals surface area (Å²) in [4.78, 5) is 13.2. The number of benzene rings is 1. The van der Waals surface area contributed by atoms with Crippen molar-refractivity contribution in [2.45, 2.75) is 19.0 Å². The molecule has 0 aliphatic carbocycles. The number of methoxy groups -OCH3 is 1. The van der Waals surface area contributed by atoms with Crippen LogP contribution in [0.1, 0.15) is 23.2 Å². The lowest BCUT2D eigenvalue weighted by Crippen LogP contribution is -2.42. The molecular weight excluding hydrogens is 370 g/mol. The summed E-state index contributed by atoms with van der Waals surface area (Å²) in [5, 5.41) is 0. The molecule has 122 valence electrons. The Morgan fingerprint density at radius 1 is 1.41 bits per heavy atom. The smallest absolute Gasteiger partial charge is 0.393 e. The lowest BCUT2D eigenvalue weighted by Gasteiger charge is -2.36. The van der Waals surface area contributed by atoms with E-state index in [2.05, 4.69) is 20.7 Å². The number of piperidine rings is 1. The van der Waals surface area contributed by atoms with Crippen molar-refractivity contribution >= 4 is 27.6 Å². The molecule has 1 aromatic rings. The summed E-state index contributed by atoms with van der Waals surface area (Å²) >= 11 is 3.10. The van der Waals surface area contributed by atoms with Crippen LogP contribution in [0, 0.1) is 11.7 Å². The van der Waals surface area contributed by atoms with Crippen molar-refractivity contribution in [1.29, 1.82) is 0 Å². The average molecular weight is 384 g/mol. The summed E-state index contributed by atoms with van der Waals surface area (Å²) in [6, 6.07) is 2.52. The number of carbonyl (C=O) groups is 1. The molecule has 1 saturated heterocycles. The molecule has 0 aromatic heterocycles. The first-order chi connectivity index (χ1) is 10.2. The van der Waals surface area contributed by atoms with Gasteiger partial charge in [-0.05, 0) is 25.0 Å². The number of halogens is 5. The van der Waals surface area contributed by atoms with E-state index in [1.807, 2.05) is 0 Å². The normalized spacial score (nSPS) is 19.2. The van der Waals surface area contributed by atoms with Gasteiger partial charge in [0.25, 0.3) is 0 Å². The summed E-state index contributed by atoms with van der Waals surface area (Å²) in [7, 11) is 1.10. The minimum Gasteiger partial charge on any atom is -0.465 e. The Balaban J connectivity index is 2.41. The second kappa shape index (κ2) is 6.44. The SMILES string of the molecule is COC(=O)c1c(F)cc(Br)cc1N1CCCC(C(F)(F)F)C1. The van der Waals surface area contributed by atoms with Crippen molar-refractivity contribution in [1.82, 2.24) is 0 Å². The van der Waals surface area contributed by atoms with Gasteiger partial charge in [0, 0.05) is 17.6 Å². The maximum absolute atomic E-state index is 14.1. The molecule has 2 rings (SSSR count). The van der Waals surface area contributed by atoms with Gasteiger partial charge in [-0.3, -0.25) is 0 Å². The van der Waals surface area contributed by atoms with Gasteiger partial charge in [-0.1, -0.05) is 15.9 Å². The highest BCUT2D eigenvalue weighted by Gasteiger charge is 2.42. The first-order valence-corrected chi connectivity index (χ1v) is 7.42. The van der Waals surface area contributed by atoms with E-state index in [0.29, 0.717) is 17.4 Å². The number of carbonyl (C=O) groups excluding carboxylic acids is 1. The highest BCUT2D eigenvalue weighted by molar-refractivity contribution is 9.10. The molecule has 0 bridgehead atoms. The van der Waals surface area contributed by atoms with Gasteiger partial charge in [-0.25, -0.2) is 9.18 Å². The van der Waals surface area contributed by atoms with Gasteiger partial charge >= 0.3 is 12.1 Å². The fourth-order valence-electron chi connectivity index (χ4n) is 2.58. The second-order valence-corrected chi connectivity index (χ2v) is 6.02. The quantitative estimate of drug-likeness (QED) is 0.567. The van der Waals surface area contributed by atoms with Crippen molar-refractivity contribution in [3.63, 3.8) is 0 Å². The molecule has 1 aliphatic rings. The van der Waals surface area contributed by atoms with Crippen LogP contribution in [-0.2, 0) is 4.74 Å². The van der Waals surface area contributed by atoms with Crippen molar-refractivity contribution < 1.29 is 27.1 Å². The fourth-order valence-corrected chi connectivity index (χ4v) is 2.99. The van der Waals surface area contributed by atoms with Crippen LogP contribution in [-0.4, -0.2) is 32.3 Å². The number of anilines is 1. The van der Waals surface area contributed by atoms with Crippen LogP contribution >= 0.6 is 15.9 Å². The van der Waals surface area contributed by atoms with Crippen LogP contribution in [0.25, 0.3) is 0 Å². The molecule has 0 radical (unpaired) electrons. The van der Waals surface area contributed by atoms with Crippen molar-refractivity contribution in [3.8, 4) is 0 Å². The molecule has 1 aromatic carbocycles. The Kier molecular flexibility index (Phi) is 4.99. The lowest BCUT2D eigenvalue weighted by atomic mass is 9.96. The fraction of sp³-hybridized carbons (Fsp3) is 0.500. The van der Waals surface area contributed by atoms with E-state index in [0.717, 1.165) is 13.2 Å². The summed E-state index contributed by atoms with van der Waals surface area (Å²) in [6.07, 6.45) is -3.96. The lowest BCUT2D eigenvalue weighted by molar-refractivity contribution is -0.175. The number of alkyl halides is 3. The topological polar surface area (TPSA) is 29.5 Å². The van der Waals surface area contributed by atoms with E-state index in [1.54, 1.807) is 0 Å². The third kappa shape index (κ3) is 3.53. The molecule has 8 heteroatoms. The third-order valence-corrected chi connectivity index (χ3v) is 4.11. The van der Waals surface area contributed by atoms with Crippen molar-refractivity contribution in [2.24, 2.45) is 5.92 Å². The Hall–Kier alpha value is -1.31. The molecule has 22 heavy (non-hydrogen) atoms. The number of nitrogens with zero attached hydrogens (tertiary/aromatic N) is 1. The van der Waals surface area contributed by atoms with Crippen LogP contribution in [0.15, 0.2) is 16.6 Å². The molecule has 0 saturated carbocycles. The molecule has 0 N–H and O–H groups in total. The van der Waals surface area contributed by atoms with E-state index in [9.17, 15) is 22.4 Å². The van der Waals surface area contributed by atoms with Gasteiger partial charge in [-0.15, -0.1) is 0 Å². The van der Waals surface area contributed by atoms with E-state index in [1.165, 1.54) is 11.0 Å². The molecule has 1 fully saturated rings.